The fourth-order valence-corrected chi connectivity index (χ4v) is 1.95. The lowest BCUT2D eigenvalue weighted by molar-refractivity contribution is 0.0711. The average molecular weight is 235 g/mol. The standard InChI is InChI=1S/C13H17NO3/c1-14(11-6-7-17-9-11)13(15)10-4-3-5-12(8-10)16-2/h3-5,8,11H,6-7,9H2,1-2H3. The molecule has 0 aliphatic carbocycles. The van der Waals surface area contributed by atoms with Gasteiger partial charge >= 0.3 is 0 Å². The second-order valence-corrected chi connectivity index (χ2v) is 4.17. The predicted molar refractivity (Wildman–Crippen MR) is 64.3 cm³/mol. The quantitative estimate of drug-likeness (QED) is 0.798. The van der Waals surface area contributed by atoms with Gasteiger partial charge in [-0.15, -0.1) is 0 Å². The zero-order valence-electron chi connectivity index (χ0n) is 10.2. The number of rotatable bonds is 3. The first-order chi connectivity index (χ1) is 8.22. The minimum absolute atomic E-state index is 0.0133. The van der Waals surface area contributed by atoms with Crippen molar-refractivity contribution in [2.45, 2.75) is 12.5 Å². The highest BCUT2D eigenvalue weighted by atomic mass is 16.5. The normalized spacial score (nSPS) is 19.1. The number of benzene rings is 1. The summed E-state index contributed by atoms with van der Waals surface area (Å²) in [5.74, 6) is 0.714. The van der Waals surface area contributed by atoms with E-state index in [-0.39, 0.29) is 11.9 Å². The molecule has 1 fully saturated rings. The highest BCUT2D eigenvalue weighted by Gasteiger charge is 2.24. The number of amides is 1. The van der Waals surface area contributed by atoms with Gasteiger partial charge in [-0.25, -0.2) is 0 Å². The molecule has 2 rings (SSSR count). The second-order valence-electron chi connectivity index (χ2n) is 4.17. The molecule has 0 radical (unpaired) electrons. The van der Waals surface area contributed by atoms with E-state index in [1.54, 1.807) is 24.1 Å². The van der Waals surface area contributed by atoms with Crippen molar-refractivity contribution in [1.29, 1.82) is 0 Å². The highest BCUT2D eigenvalue weighted by Crippen LogP contribution is 2.17. The Hall–Kier alpha value is -1.55. The first kappa shape index (κ1) is 11.9. The fourth-order valence-electron chi connectivity index (χ4n) is 1.95. The van der Waals surface area contributed by atoms with Crippen molar-refractivity contribution in [1.82, 2.24) is 4.90 Å². The molecule has 1 amide bonds. The van der Waals surface area contributed by atoms with Gasteiger partial charge in [0, 0.05) is 19.2 Å². The number of methoxy groups -OCH3 is 1. The number of nitrogens with zero attached hydrogens (tertiary/aromatic N) is 1. The fraction of sp³-hybridized carbons (Fsp3) is 0.462. The molecule has 1 atom stereocenters. The molecule has 17 heavy (non-hydrogen) atoms. The van der Waals surface area contributed by atoms with E-state index in [1.165, 1.54) is 0 Å². The largest absolute Gasteiger partial charge is 0.497 e. The van der Waals surface area contributed by atoms with E-state index < -0.39 is 0 Å². The van der Waals surface area contributed by atoms with Crippen LogP contribution >= 0.6 is 0 Å². The third-order valence-electron chi connectivity index (χ3n) is 3.09. The lowest BCUT2D eigenvalue weighted by atomic mass is 10.1. The maximum Gasteiger partial charge on any atom is 0.254 e. The summed E-state index contributed by atoms with van der Waals surface area (Å²) in [6, 6.07) is 7.40. The average Bonchev–Trinajstić information content (AvgIpc) is 2.91. The molecule has 0 aromatic heterocycles. The lowest BCUT2D eigenvalue weighted by Crippen LogP contribution is -2.37. The van der Waals surface area contributed by atoms with Gasteiger partial charge in [0.2, 0.25) is 0 Å². The van der Waals surface area contributed by atoms with Gasteiger partial charge in [-0.05, 0) is 24.6 Å². The van der Waals surface area contributed by atoms with Gasteiger partial charge in [0.15, 0.2) is 0 Å². The zero-order valence-corrected chi connectivity index (χ0v) is 10.2. The summed E-state index contributed by atoms with van der Waals surface area (Å²) in [6.45, 7) is 1.37. The Morgan fingerprint density at radius 1 is 1.53 bits per heavy atom. The van der Waals surface area contributed by atoms with Gasteiger partial charge in [-0.2, -0.15) is 0 Å². The third-order valence-corrected chi connectivity index (χ3v) is 3.09. The van der Waals surface area contributed by atoms with Crippen LogP contribution in [-0.4, -0.2) is 44.2 Å². The minimum Gasteiger partial charge on any atom is -0.497 e. The summed E-state index contributed by atoms with van der Waals surface area (Å²) in [5.41, 5.74) is 0.652. The van der Waals surface area contributed by atoms with Crippen molar-refractivity contribution in [3.8, 4) is 5.75 Å². The molecule has 0 saturated carbocycles. The van der Waals surface area contributed by atoms with Gasteiger partial charge in [0.1, 0.15) is 5.75 Å². The van der Waals surface area contributed by atoms with Gasteiger partial charge in [-0.3, -0.25) is 4.79 Å². The van der Waals surface area contributed by atoms with Gasteiger partial charge in [0.05, 0.1) is 19.8 Å². The predicted octanol–water partition coefficient (Wildman–Crippen LogP) is 1.56. The van der Waals surface area contributed by atoms with E-state index in [9.17, 15) is 4.79 Å². The van der Waals surface area contributed by atoms with E-state index in [4.69, 9.17) is 9.47 Å². The SMILES string of the molecule is COc1cccc(C(=O)N(C)C2CCOC2)c1. The van der Waals surface area contributed by atoms with Crippen molar-refractivity contribution in [2.24, 2.45) is 0 Å². The molecular formula is C13H17NO3. The number of hydrogen-bond acceptors (Lipinski definition) is 3. The van der Waals surface area contributed by atoms with Crippen LogP contribution in [0.3, 0.4) is 0 Å². The molecule has 1 aliphatic heterocycles. The minimum atomic E-state index is 0.0133. The van der Waals surface area contributed by atoms with Crippen LogP contribution in [0.15, 0.2) is 24.3 Å². The summed E-state index contributed by atoms with van der Waals surface area (Å²) in [4.78, 5) is 14.0. The summed E-state index contributed by atoms with van der Waals surface area (Å²) in [7, 11) is 3.42. The molecule has 1 aromatic rings. The molecule has 0 spiro atoms. The Bertz CT molecular complexity index is 399. The number of hydrogen-bond donors (Lipinski definition) is 0. The van der Waals surface area contributed by atoms with Gasteiger partial charge < -0.3 is 14.4 Å². The zero-order chi connectivity index (χ0) is 12.3. The summed E-state index contributed by atoms with van der Waals surface area (Å²) in [6.07, 6.45) is 0.909. The van der Waals surface area contributed by atoms with Crippen LogP contribution in [0.1, 0.15) is 16.8 Å². The highest BCUT2D eigenvalue weighted by molar-refractivity contribution is 5.94. The van der Waals surface area contributed by atoms with E-state index in [0.717, 1.165) is 13.0 Å². The molecule has 1 heterocycles. The van der Waals surface area contributed by atoms with E-state index in [1.807, 2.05) is 19.2 Å². The number of ether oxygens (including phenoxy) is 2. The molecule has 1 aliphatic rings. The van der Waals surface area contributed by atoms with Crippen LogP contribution in [0.5, 0.6) is 5.75 Å². The first-order valence-electron chi connectivity index (χ1n) is 5.71. The summed E-state index contributed by atoms with van der Waals surface area (Å²) < 4.78 is 10.4. The van der Waals surface area contributed by atoms with Crippen molar-refractivity contribution < 1.29 is 14.3 Å². The van der Waals surface area contributed by atoms with Crippen LogP contribution in [0, 0.1) is 0 Å². The molecule has 4 heteroatoms. The Kier molecular flexibility index (Phi) is 3.64. The second kappa shape index (κ2) is 5.19. The van der Waals surface area contributed by atoms with Crippen molar-refractivity contribution >= 4 is 5.91 Å². The lowest BCUT2D eigenvalue weighted by Gasteiger charge is -2.23. The van der Waals surface area contributed by atoms with E-state index in [2.05, 4.69) is 0 Å². The van der Waals surface area contributed by atoms with Crippen LogP contribution in [0.25, 0.3) is 0 Å². The Labute approximate surface area is 101 Å². The molecule has 1 saturated heterocycles. The summed E-state index contributed by atoms with van der Waals surface area (Å²) >= 11 is 0. The van der Waals surface area contributed by atoms with E-state index in [0.29, 0.717) is 17.9 Å². The molecule has 0 bridgehead atoms. The van der Waals surface area contributed by atoms with E-state index >= 15 is 0 Å². The topological polar surface area (TPSA) is 38.8 Å². The third kappa shape index (κ3) is 2.58. The molecule has 1 unspecified atom stereocenters. The van der Waals surface area contributed by atoms with Crippen molar-refractivity contribution in [2.75, 3.05) is 27.4 Å². The molecule has 0 N–H and O–H groups in total. The number of likely N-dealkylation sites (N-methyl/N-ethyl adjacent to an activating group) is 1. The number of carbonyl (C=O) groups excluding carboxylic acids is 1. The van der Waals surface area contributed by atoms with Gasteiger partial charge in [0.25, 0.3) is 5.91 Å². The van der Waals surface area contributed by atoms with Crippen LogP contribution in [-0.2, 0) is 4.74 Å². The van der Waals surface area contributed by atoms with Crippen LogP contribution in [0.2, 0.25) is 0 Å². The Morgan fingerprint density at radius 2 is 2.35 bits per heavy atom. The summed E-state index contributed by atoms with van der Waals surface area (Å²) in [5, 5.41) is 0. The van der Waals surface area contributed by atoms with Crippen LogP contribution in [0.4, 0.5) is 0 Å². The number of carbonyl (C=O) groups is 1. The van der Waals surface area contributed by atoms with Gasteiger partial charge in [-0.1, -0.05) is 6.07 Å². The molecular weight excluding hydrogens is 218 g/mol. The Morgan fingerprint density at radius 3 is 3.00 bits per heavy atom. The monoisotopic (exact) mass is 235 g/mol. The molecule has 1 aromatic carbocycles. The van der Waals surface area contributed by atoms with Crippen molar-refractivity contribution in [3.63, 3.8) is 0 Å². The Balaban J connectivity index is 2.12. The van der Waals surface area contributed by atoms with Crippen molar-refractivity contribution in [3.05, 3.63) is 29.8 Å². The maximum atomic E-state index is 12.2. The molecule has 4 nitrogen and oxygen atoms in total. The van der Waals surface area contributed by atoms with Crippen LogP contribution < -0.4 is 4.74 Å². The first-order valence-corrected chi connectivity index (χ1v) is 5.71. The smallest absolute Gasteiger partial charge is 0.254 e. The molecule has 92 valence electrons. The maximum absolute atomic E-state index is 12.2.